The van der Waals surface area contributed by atoms with Gasteiger partial charge in [-0.3, -0.25) is 0 Å². The number of hydrogen-bond donors (Lipinski definition) is 0. The number of para-hydroxylation sites is 1. The topological polar surface area (TPSA) is 12.5 Å². The van der Waals surface area contributed by atoms with Gasteiger partial charge in [-0.25, -0.2) is 0 Å². The number of nitrogens with zero attached hydrogens (tertiary/aromatic N) is 1. The van der Waals surface area contributed by atoms with Gasteiger partial charge < -0.3 is 9.64 Å². The Balaban J connectivity index is 2.43. The third kappa shape index (κ3) is 5.25. The Labute approximate surface area is 161 Å². The molecule has 0 amide bonds. The predicted molar refractivity (Wildman–Crippen MR) is 117 cm³/mol. The third-order valence-electron chi connectivity index (χ3n) is 4.16. The van der Waals surface area contributed by atoms with E-state index in [4.69, 9.17) is 4.74 Å². The van der Waals surface area contributed by atoms with Crippen LogP contribution in [0.3, 0.4) is 0 Å². The summed E-state index contributed by atoms with van der Waals surface area (Å²) < 4.78 is 6.43. The highest BCUT2D eigenvalue weighted by Crippen LogP contribution is 2.29. The van der Waals surface area contributed by atoms with Crippen molar-refractivity contribution in [3.8, 4) is 5.75 Å². The maximum atomic E-state index is 6.43. The minimum absolute atomic E-state index is 0.230. The Bertz CT molecular complexity index is 740. The second-order valence-corrected chi connectivity index (χ2v) is 8.89. The molecule has 0 aliphatic carbocycles. The first-order valence-corrected chi connectivity index (χ1v) is 10.3. The van der Waals surface area contributed by atoms with E-state index in [-0.39, 0.29) is 5.60 Å². The van der Waals surface area contributed by atoms with E-state index in [1.165, 1.54) is 21.6 Å². The van der Waals surface area contributed by atoms with Crippen molar-refractivity contribution < 1.29 is 4.74 Å². The highest BCUT2D eigenvalue weighted by molar-refractivity contribution is 6.68. The van der Waals surface area contributed by atoms with Crippen molar-refractivity contribution in [3.63, 3.8) is 0 Å². The van der Waals surface area contributed by atoms with Crippen LogP contribution < -0.4 is 20.0 Å². The number of benzene rings is 2. The van der Waals surface area contributed by atoms with Gasteiger partial charge in [-0.05, 0) is 58.4 Å². The molecule has 2 rings (SSSR count). The largest absolute Gasteiger partial charge is 0.486 e. The molecule has 26 heavy (non-hydrogen) atoms. The molecule has 0 aromatic heterocycles. The Morgan fingerprint density at radius 1 is 1.04 bits per heavy atom. The molecule has 0 atom stereocenters. The summed E-state index contributed by atoms with van der Waals surface area (Å²) in [6, 6.07) is 15.2. The molecule has 0 saturated heterocycles. The van der Waals surface area contributed by atoms with Crippen LogP contribution >= 0.6 is 0 Å². The molecule has 2 nitrogen and oxygen atoms in total. The summed E-state index contributed by atoms with van der Waals surface area (Å²) in [6.07, 6.45) is 0. The van der Waals surface area contributed by atoms with Crippen LogP contribution in [0.2, 0.25) is 0 Å². The van der Waals surface area contributed by atoms with E-state index in [0.717, 1.165) is 24.4 Å². The van der Waals surface area contributed by atoms with Crippen molar-refractivity contribution in [3.05, 3.63) is 54.6 Å². The van der Waals surface area contributed by atoms with Crippen molar-refractivity contribution in [1.29, 1.82) is 0 Å². The first kappa shape index (κ1) is 20.3. The SMILES string of the molecule is C=C(C)c1ccc([Si]c2cccc(N(CC)CC)c2OC(C)(C)C)cc1. The molecule has 2 radical (unpaired) electrons. The van der Waals surface area contributed by atoms with Crippen LogP contribution in [-0.4, -0.2) is 28.2 Å². The molecule has 0 fully saturated rings. The maximum Gasteiger partial charge on any atom is 0.142 e. The van der Waals surface area contributed by atoms with Crippen molar-refractivity contribution in [2.24, 2.45) is 0 Å². The number of hydrogen-bond acceptors (Lipinski definition) is 2. The monoisotopic (exact) mass is 365 g/mol. The van der Waals surface area contributed by atoms with Gasteiger partial charge in [-0.15, -0.1) is 0 Å². The Morgan fingerprint density at radius 2 is 1.65 bits per heavy atom. The van der Waals surface area contributed by atoms with Gasteiger partial charge in [-0.1, -0.05) is 53.7 Å². The van der Waals surface area contributed by atoms with E-state index in [9.17, 15) is 0 Å². The van der Waals surface area contributed by atoms with E-state index in [1.807, 2.05) is 6.92 Å². The quantitative estimate of drug-likeness (QED) is 0.674. The molecule has 3 heteroatoms. The number of anilines is 1. The molecular formula is C23H31NOSi. The van der Waals surface area contributed by atoms with Gasteiger partial charge in [-0.2, -0.15) is 0 Å². The fourth-order valence-corrected chi connectivity index (χ4v) is 3.96. The molecule has 0 saturated carbocycles. The summed E-state index contributed by atoms with van der Waals surface area (Å²) in [5.74, 6) is 1.02. The molecule has 0 N–H and O–H groups in total. The van der Waals surface area contributed by atoms with Crippen LogP contribution in [0.5, 0.6) is 5.75 Å². The van der Waals surface area contributed by atoms with Gasteiger partial charge >= 0.3 is 0 Å². The molecule has 0 aliphatic heterocycles. The average Bonchev–Trinajstić information content (AvgIpc) is 2.58. The lowest BCUT2D eigenvalue weighted by Gasteiger charge is -2.30. The fraction of sp³-hybridized carbons (Fsp3) is 0.391. The van der Waals surface area contributed by atoms with Crippen molar-refractivity contribution in [2.45, 2.75) is 47.1 Å². The smallest absolute Gasteiger partial charge is 0.142 e. The molecule has 138 valence electrons. The molecule has 0 spiro atoms. The van der Waals surface area contributed by atoms with Crippen LogP contribution in [0.1, 0.15) is 47.1 Å². The molecule has 0 heterocycles. The number of ether oxygens (including phenoxy) is 1. The van der Waals surface area contributed by atoms with E-state index in [1.54, 1.807) is 0 Å². The van der Waals surface area contributed by atoms with Crippen LogP contribution in [0.25, 0.3) is 5.57 Å². The highest BCUT2D eigenvalue weighted by Gasteiger charge is 2.20. The fourth-order valence-electron chi connectivity index (χ4n) is 2.84. The Morgan fingerprint density at radius 3 is 2.15 bits per heavy atom. The van der Waals surface area contributed by atoms with Gasteiger partial charge in [0.2, 0.25) is 0 Å². The zero-order chi connectivity index (χ0) is 19.3. The molecular weight excluding hydrogens is 334 g/mol. The van der Waals surface area contributed by atoms with Crippen LogP contribution in [-0.2, 0) is 0 Å². The molecule has 2 aromatic carbocycles. The summed E-state index contributed by atoms with van der Waals surface area (Å²) in [5, 5.41) is 2.57. The van der Waals surface area contributed by atoms with Crippen LogP contribution in [0, 0.1) is 0 Å². The Hall–Kier alpha value is -2.00. The second-order valence-electron chi connectivity index (χ2n) is 7.52. The van der Waals surface area contributed by atoms with E-state index in [2.05, 4.69) is 88.6 Å². The minimum atomic E-state index is -0.230. The van der Waals surface area contributed by atoms with E-state index < -0.39 is 0 Å². The van der Waals surface area contributed by atoms with Crippen molar-refractivity contribution in [2.75, 3.05) is 18.0 Å². The van der Waals surface area contributed by atoms with E-state index >= 15 is 0 Å². The lowest BCUT2D eigenvalue weighted by molar-refractivity contribution is 0.133. The predicted octanol–water partition coefficient (Wildman–Crippen LogP) is 4.40. The second kappa shape index (κ2) is 8.59. The average molecular weight is 366 g/mol. The van der Waals surface area contributed by atoms with Gasteiger partial charge in [0.05, 0.1) is 5.69 Å². The molecule has 0 aliphatic rings. The first-order valence-electron chi connectivity index (χ1n) is 9.35. The highest BCUT2D eigenvalue weighted by atomic mass is 28.2. The molecule has 0 unspecified atom stereocenters. The summed E-state index contributed by atoms with van der Waals surface area (Å²) >= 11 is 0. The number of allylic oxidation sites excluding steroid dienone is 1. The lowest BCUT2D eigenvalue weighted by atomic mass is 10.1. The van der Waals surface area contributed by atoms with Crippen molar-refractivity contribution >= 4 is 31.2 Å². The third-order valence-corrected chi connectivity index (χ3v) is 5.45. The van der Waals surface area contributed by atoms with Gasteiger partial charge in [0.1, 0.15) is 20.9 Å². The number of rotatable bonds is 7. The van der Waals surface area contributed by atoms with Gasteiger partial charge in [0.15, 0.2) is 0 Å². The standard InChI is InChI=1S/C23H31NOSi/c1-8-24(9-2)20-11-10-12-21(22(20)25-23(5,6)7)26-19-15-13-18(14-16-19)17(3)4/h10-16H,3,8-9H2,1-2,4-7H3. The van der Waals surface area contributed by atoms with Gasteiger partial charge in [0, 0.05) is 13.1 Å². The Kier molecular flexibility index (Phi) is 6.71. The van der Waals surface area contributed by atoms with Crippen LogP contribution in [0.15, 0.2) is 49.0 Å². The summed E-state index contributed by atoms with van der Waals surface area (Å²) in [6.45, 7) is 18.7. The van der Waals surface area contributed by atoms with Crippen LogP contribution in [0.4, 0.5) is 5.69 Å². The molecule has 0 bridgehead atoms. The van der Waals surface area contributed by atoms with E-state index in [0.29, 0.717) is 9.52 Å². The zero-order valence-corrected chi connectivity index (χ0v) is 18.0. The lowest BCUT2D eigenvalue weighted by Crippen LogP contribution is -2.35. The van der Waals surface area contributed by atoms with Gasteiger partial charge in [0.25, 0.3) is 0 Å². The molecule has 2 aromatic rings. The normalized spacial score (nSPS) is 11.3. The van der Waals surface area contributed by atoms with Crippen molar-refractivity contribution in [1.82, 2.24) is 0 Å². The summed E-state index contributed by atoms with van der Waals surface area (Å²) in [4.78, 5) is 2.36. The minimum Gasteiger partial charge on any atom is -0.486 e. The summed E-state index contributed by atoms with van der Waals surface area (Å²) in [7, 11) is 0.562. The maximum absolute atomic E-state index is 6.43. The zero-order valence-electron chi connectivity index (χ0n) is 17.0. The first-order chi connectivity index (χ1) is 12.2. The summed E-state index contributed by atoms with van der Waals surface area (Å²) in [5.41, 5.74) is 3.25.